The average Bonchev–Trinajstić information content (AvgIpc) is 3.62. The highest BCUT2D eigenvalue weighted by Gasteiger charge is 2.42. The largest absolute Gasteiger partial charge is 0.463 e. The van der Waals surface area contributed by atoms with Crippen LogP contribution in [0.4, 0.5) is 0 Å². The monoisotopic (exact) mass is 427 g/mol. The first-order valence-electron chi connectivity index (χ1n) is 11.4. The molecule has 6 nitrogen and oxygen atoms in total. The summed E-state index contributed by atoms with van der Waals surface area (Å²) in [6, 6.07) is 15.3. The molecule has 2 aliphatic rings. The SMILES string of the molecule is C[C@H](NC(=O)c1cc(-c2ccco2)nc2onc(-c3ccccc3)c12)[C@H]1C[C@@H]2CC[C@@H]1C2. The van der Waals surface area contributed by atoms with E-state index < -0.39 is 0 Å². The van der Waals surface area contributed by atoms with Gasteiger partial charge in [-0.2, -0.15) is 0 Å². The summed E-state index contributed by atoms with van der Waals surface area (Å²) in [6.07, 6.45) is 6.77. The molecule has 3 aromatic heterocycles. The molecule has 2 fully saturated rings. The summed E-state index contributed by atoms with van der Waals surface area (Å²) in [5, 5.41) is 8.19. The quantitative estimate of drug-likeness (QED) is 0.442. The third-order valence-electron chi connectivity index (χ3n) is 7.31. The number of hydrogen-bond acceptors (Lipinski definition) is 5. The number of furan rings is 1. The molecule has 0 saturated heterocycles. The zero-order valence-corrected chi connectivity index (χ0v) is 18.0. The predicted molar refractivity (Wildman–Crippen MR) is 121 cm³/mol. The van der Waals surface area contributed by atoms with Gasteiger partial charge in [0.05, 0.1) is 17.2 Å². The molecule has 0 aliphatic heterocycles. The van der Waals surface area contributed by atoms with Crippen molar-refractivity contribution in [3.8, 4) is 22.7 Å². The van der Waals surface area contributed by atoms with E-state index in [1.807, 2.05) is 36.4 Å². The van der Waals surface area contributed by atoms with Crippen LogP contribution in [0.15, 0.2) is 63.7 Å². The summed E-state index contributed by atoms with van der Waals surface area (Å²) in [4.78, 5) is 18.2. The maximum absolute atomic E-state index is 13.6. The number of carbonyl (C=O) groups is 1. The van der Waals surface area contributed by atoms with Gasteiger partial charge in [-0.05, 0) is 62.1 Å². The Bertz CT molecular complexity index is 1260. The summed E-state index contributed by atoms with van der Waals surface area (Å²) >= 11 is 0. The molecular weight excluding hydrogens is 402 g/mol. The molecular formula is C26H25N3O3. The Morgan fingerprint density at radius 1 is 1.12 bits per heavy atom. The minimum atomic E-state index is -0.124. The molecule has 3 heterocycles. The lowest BCUT2D eigenvalue weighted by Crippen LogP contribution is -2.40. The molecule has 4 atom stereocenters. The maximum atomic E-state index is 13.6. The highest BCUT2D eigenvalue weighted by Crippen LogP contribution is 2.49. The molecule has 0 radical (unpaired) electrons. The standard InChI is InChI=1S/C26H25N3O3/c1-15(19-13-16-9-10-18(19)12-16)27-25(30)20-14-21(22-8-5-11-31-22)28-26-23(20)24(29-32-26)17-6-3-2-4-7-17/h2-8,11,14-16,18-19H,9-10,12-13H2,1H3,(H,27,30)/t15-,16+,18+,19+/m0/s1. The zero-order chi connectivity index (χ0) is 21.7. The third-order valence-corrected chi connectivity index (χ3v) is 7.31. The van der Waals surface area contributed by atoms with Crippen LogP contribution in [0.3, 0.4) is 0 Å². The van der Waals surface area contributed by atoms with Crippen LogP contribution in [0.1, 0.15) is 43.0 Å². The fraction of sp³-hybridized carbons (Fsp3) is 0.346. The number of hydrogen-bond donors (Lipinski definition) is 1. The molecule has 1 amide bonds. The Morgan fingerprint density at radius 2 is 2.00 bits per heavy atom. The van der Waals surface area contributed by atoms with E-state index in [0.29, 0.717) is 39.7 Å². The molecule has 32 heavy (non-hydrogen) atoms. The van der Waals surface area contributed by atoms with Gasteiger partial charge in [0.15, 0.2) is 5.76 Å². The molecule has 6 heteroatoms. The fourth-order valence-corrected chi connectivity index (χ4v) is 5.77. The smallest absolute Gasteiger partial charge is 0.259 e. The lowest BCUT2D eigenvalue weighted by atomic mass is 9.84. The number of nitrogens with zero attached hydrogens (tertiary/aromatic N) is 2. The van der Waals surface area contributed by atoms with E-state index in [0.717, 1.165) is 17.4 Å². The van der Waals surface area contributed by atoms with Gasteiger partial charge in [-0.3, -0.25) is 4.79 Å². The molecule has 6 rings (SSSR count). The Balaban J connectivity index is 1.41. The van der Waals surface area contributed by atoms with Crippen LogP contribution in [0.5, 0.6) is 0 Å². The molecule has 2 saturated carbocycles. The number of aromatic nitrogens is 2. The number of pyridine rings is 1. The number of nitrogens with one attached hydrogen (secondary N) is 1. The number of fused-ring (bicyclic) bond motifs is 3. The van der Waals surface area contributed by atoms with Crippen LogP contribution in [-0.4, -0.2) is 22.1 Å². The van der Waals surface area contributed by atoms with Crippen molar-refractivity contribution in [1.29, 1.82) is 0 Å². The molecule has 0 unspecified atom stereocenters. The van der Waals surface area contributed by atoms with Gasteiger partial charge in [-0.25, -0.2) is 4.98 Å². The minimum absolute atomic E-state index is 0.119. The van der Waals surface area contributed by atoms with Crippen LogP contribution < -0.4 is 5.32 Å². The minimum Gasteiger partial charge on any atom is -0.463 e. The van der Waals surface area contributed by atoms with Gasteiger partial charge in [0.25, 0.3) is 11.6 Å². The first-order chi connectivity index (χ1) is 15.7. The number of carbonyl (C=O) groups excluding carboxylic acids is 1. The number of amides is 1. The van der Waals surface area contributed by atoms with Crippen molar-refractivity contribution >= 4 is 17.0 Å². The zero-order valence-electron chi connectivity index (χ0n) is 18.0. The normalized spacial score (nSPS) is 23.0. The summed E-state index contributed by atoms with van der Waals surface area (Å²) < 4.78 is 11.1. The van der Waals surface area contributed by atoms with E-state index >= 15 is 0 Å². The molecule has 2 bridgehead atoms. The lowest BCUT2D eigenvalue weighted by Gasteiger charge is -2.28. The van der Waals surface area contributed by atoms with Crippen molar-refractivity contribution in [2.75, 3.05) is 0 Å². The Kier molecular flexibility index (Phi) is 4.59. The summed E-state index contributed by atoms with van der Waals surface area (Å²) in [5.41, 5.74) is 2.90. The number of benzene rings is 1. The van der Waals surface area contributed by atoms with E-state index in [4.69, 9.17) is 8.94 Å². The van der Waals surface area contributed by atoms with Crippen molar-refractivity contribution in [3.63, 3.8) is 0 Å². The van der Waals surface area contributed by atoms with Gasteiger partial charge >= 0.3 is 0 Å². The van der Waals surface area contributed by atoms with E-state index in [2.05, 4.69) is 22.4 Å². The van der Waals surface area contributed by atoms with Crippen LogP contribution in [-0.2, 0) is 0 Å². The Labute approximate surface area is 186 Å². The van der Waals surface area contributed by atoms with Crippen LogP contribution in [0.25, 0.3) is 33.8 Å². The first-order valence-corrected chi connectivity index (χ1v) is 11.4. The highest BCUT2D eigenvalue weighted by atomic mass is 16.5. The second-order valence-electron chi connectivity index (χ2n) is 9.21. The van der Waals surface area contributed by atoms with E-state index in [9.17, 15) is 4.79 Å². The predicted octanol–water partition coefficient (Wildman–Crippen LogP) is 5.70. The van der Waals surface area contributed by atoms with Crippen LogP contribution in [0, 0.1) is 17.8 Å². The van der Waals surface area contributed by atoms with Crippen molar-refractivity contribution in [2.24, 2.45) is 17.8 Å². The third kappa shape index (κ3) is 3.22. The van der Waals surface area contributed by atoms with Crippen LogP contribution >= 0.6 is 0 Å². The Hall–Kier alpha value is -3.41. The van der Waals surface area contributed by atoms with Gasteiger partial charge < -0.3 is 14.3 Å². The van der Waals surface area contributed by atoms with Crippen molar-refractivity contribution < 1.29 is 13.7 Å². The highest BCUT2D eigenvalue weighted by molar-refractivity contribution is 6.10. The summed E-state index contributed by atoms with van der Waals surface area (Å²) in [5.74, 6) is 2.59. The molecule has 162 valence electrons. The second-order valence-corrected chi connectivity index (χ2v) is 9.21. The molecule has 1 aromatic carbocycles. The van der Waals surface area contributed by atoms with Crippen molar-refractivity contribution in [1.82, 2.24) is 15.5 Å². The van der Waals surface area contributed by atoms with Crippen molar-refractivity contribution in [3.05, 3.63) is 60.4 Å². The summed E-state index contributed by atoms with van der Waals surface area (Å²) in [6.45, 7) is 2.14. The van der Waals surface area contributed by atoms with Gasteiger partial charge in [0, 0.05) is 11.6 Å². The van der Waals surface area contributed by atoms with Gasteiger partial charge in [0.2, 0.25) is 0 Å². The molecule has 1 N–H and O–H groups in total. The second kappa shape index (κ2) is 7.62. The molecule has 0 spiro atoms. The van der Waals surface area contributed by atoms with Crippen molar-refractivity contribution in [2.45, 2.75) is 38.6 Å². The first kappa shape index (κ1) is 19.3. The molecule has 4 aromatic rings. The van der Waals surface area contributed by atoms with Gasteiger partial charge in [-0.15, -0.1) is 0 Å². The maximum Gasteiger partial charge on any atom is 0.259 e. The topological polar surface area (TPSA) is 81.2 Å². The lowest BCUT2D eigenvalue weighted by molar-refractivity contribution is 0.0917. The Morgan fingerprint density at radius 3 is 2.72 bits per heavy atom. The van der Waals surface area contributed by atoms with Gasteiger partial charge in [0.1, 0.15) is 11.4 Å². The van der Waals surface area contributed by atoms with Gasteiger partial charge in [-0.1, -0.05) is 41.9 Å². The summed E-state index contributed by atoms with van der Waals surface area (Å²) in [7, 11) is 0. The average molecular weight is 428 g/mol. The van der Waals surface area contributed by atoms with Crippen LogP contribution in [0.2, 0.25) is 0 Å². The number of rotatable bonds is 5. The fourth-order valence-electron chi connectivity index (χ4n) is 5.77. The van der Waals surface area contributed by atoms with E-state index in [1.54, 1.807) is 18.4 Å². The van der Waals surface area contributed by atoms with E-state index in [-0.39, 0.29) is 11.9 Å². The molecule has 2 aliphatic carbocycles. The van der Waals surface area contributed by atoms with E-state index in [1.165, 1.54) is 25.7 Å².